The van der Waals surface area contributed by atoms with Crippen LogP contribution < -0.4 is 10.6 Å². The summed E-state index contributed by atoms with van der Waals surface area (Å²) in [5.74, 6) is -0.732. The number of esters is 1. The van der Waals surface area contributed by atoms with Gasteiger partial charge in [-0.1, -0.05) is 56.2 Å². The van der Waals surface area contributed by atoms with Gasteiger partial charge >= 0.3 is 5.97 Å². The van der Waals surface area contributed by atoms with Crippen molar-refractivity contribution < 1.29 is 19.1 Å². The molecule has 1 heterocycles. The summed E-state index contributed by atoms with van der Waals surface area (Å²) in [5.41, 5.74) is 3.18. The number of ether oxygens (including phenoxy) is 1. The lowest BCUT2D eigenvalue weighted by atomic mass is 9.96. The maximum absolute atomic E-state index is 13.5. The first-order valence-electron chi connectivity index (χ1n) is 13.9. The van der Waals surface area contributed by atoms with Crippen LogP contribution in [0.25, 0.3) is 6.08 Å². The zero-order valence-corrected chi connectivity index (χ0v) is 24.7. The van der Waals surface area contributed by atoms with Crippen molar-refractivity contribution in [3.05, 3.63) is 82.2 Å². The first-order valence-corrected chi connectivity index (χ1v) is 15.6. The predicted octanol–water partition coefficient (Wildman–Crippen LogP) is 7.75. The van der Waals surface area contributed by atoms with Gasteiger partial charge in [-0.05, 0) is 74.4 Å². The molecule has 1 atom stereocenters. The van der Waals surface area contributed by atoms with Crippen molar-refractivity contribution in [2.75, 3.05) is 17.2 Å². The molecule has 2 amide bonds. The number of aryl methyl sites for hydroxylation is 1. The number of amides is 2. The van der Waals surface area contributed by atoms with Crippen molar-refractivity contribution in [2.24, 2.45) is 0 Å². The largest absolute Gasteiger partial charge is 0.462 e. The summed E-state index contributed by atoms with van der Waals surface area (Å²) in [6.45, 7) is 4.06. The summed E-state index contributed by atoms with van der Waals surface area (Å²) in [6.07, 6.45) is 10.1. The Morgan fingerprint density at radius 3 is 2.50 bits per heavy atom. The zero-order valence-electron chi connectivity index (χ0n) is 23.0. The van der Waals surface area contributed by atoms with Crippen LogP contribution in [0.4, 0.5) is 10.7 Å². The number of fused-ring (bicyclic) bond motifs is 1. The minimum absolute atomic E-state index is 0.146. The molecule has 0 fully saturated rings. The molecular formula is C32H36N2O4S2. The molecule has 210 valence electrons. The molecule has 40 heavy (non-hydrogen) atoms. The topological polar surface area (TPSA) is 84.5 Å². The summed E-state index contributed by atoms with van der Waals surface area (Å²) in [6, 6.07) is 17.1. The molecule has 0 aliphatic heterocycles. The third kappa shape index (κ3) is 8.08. The van der Waals surface area contributed by atoms with Gasteiger partial charge in [-0.3, -0.25) is 9.59 Å². The van der Waals surface area contributed by atoms with E-state index in [0.29, 0.717) is 29.3 Å². The van der Waals surface area contributed by atoms with E-state index in [1.165, 1.54) is 40.5 Å². The predicted molar refractivity (Wildman–Crippen MR) is 165 cm³/mol. The number of carbonyl (C=O) groups is 3. The zero-order chi connectivity index (χ0) is 28.3. The Morgan fingerprint density at radius 1 is 0.975 bits per heavy atom. The second-order valence-electron chi connectivity index (χ2n) is 9.61. The first kappa shape index (κ1) is 29.6. The molecule has 1 unspecified atom stereocenters. The Kier molecular flexibility index (Phi) is 11.0. The third-order valence-corrected chi connectivity index (χ3v) is 9.22. The molecule has 1 aliphatic rings. The van der Waals surface area contributed by atoms with Crippen LogP contribution in [-0.2, 0) is 27.2 Å². The van der Waals surface area contributed by atoms with Gasteiger partial charge in [0.05, 0.1) is 17.4 Å². The van der Waals surface area contributed by atoms with Crippen LogP contribution in [0.5, 0.6) is 0 Å². The van der Waals surface area contributed by atoms with E-state index < -0.39 is 0 Å². The fourth-order valence-corrected chi connectivity index (χ4v) is 6.97. The van der Waals surface area contributed by atoms with E-state index >= 15 is 0 Å². The summed E-state index contributed by atoms with van der Waals surface area (Å²) < 4.78 is 5.39. The van der Waals surface area contributed by atoms with E-state index in [-0.39, 0.29) is 23.0 Å². The SMILES string of the molecule is CCOC(=O)c1c(NC(=O)C(CC)Sc2cccc(NC(=O)/C=C/c3ccccc3)c2)sc2c1CCCCCC2. The summed E-state index contributed by atoms with van der Waals surface area (Å²) in [4.78, 5) is 40.9. The van der Waals surface area contributed by atoms with E-state index in [9.17, 15) is 14.4 Å². The van der Waals surface area contributed by atoms with Gasteiger partial charge in [0.15, 0.2) is 0 Å². The molecule has 2 N–H and O–H groups in total. The Bertz CT molecular complexity index is 1350. The number of anilines is 2. The summed E-state index contributed by atoms with van der Waals surface area (Å²) in [5, 5.41) is 6.20. The maximum Gasteiger partial charge on any atom is 0.341 e. The van der Waals surface area contributed by atoms with E-state index in [0.717, 1.165) is 48.1 Å². The number of hydrogen-bond donors (Lipinski definition) is 2. The molecule has 0 saturated heterocycles. The monoisotopic (exact) mass is 576 g/mol. The van der Waals surface area contributed by atoms with E-state index in [4.69, 9.17) is 4.74 Å². The average Bonchev–Trinajstić information content (AvgIpc) is 3.27. The number of thiophene rings is 1. The van der Waals surface area contributed by atoms with Crippen LogP contribution in [0.1, 0.15) is 72.3 Å². The minimum Gasteiger partial charge on any atom is -0.462 e. The van der Waals surface area contributed by atoms with Gasteiger partial charge in [-0.15, -0.1) is 23.1 Å². The molecule has 0 saturated carbocycles. The molecule has 0 bridgehead atoms. The first-order chi connectivity index (χ1) is 19.5. The quantitative estimate of drug-likeness (QED) is 0.146. The van der Waals surface area contributed by atoms with Crippen molar-refractivity contribution in [3.63, 3.8) is 0 Å². The minimum atomic E-state index is -0.372. The van der Waals surface area contributed by atoms with Crippen molar-refractivity contribution in [1.29, 1.82) is 0 Å². The van der Waals surface area contributed by atoms with Crippen LogP contribution in [0, 0.1) is 0 Å². The fraction of sp³-hybridized carbons (Fsp3) is 0.344. The molecular weight excluding hydrogens is 540 g/mol. The lowest BCUT2D eigenvalue weighted by Gasteiger charge is -2.16. The maximum atomic E-state index is 13.5. The highest BCUT2D eigenvalue weighted by atomic mass is 32.2. The number of rotatable bonds is 10. The molecule has 8 heteroatoms. The number of benzene rings is 2. The Labute approximate surface area is 244 Å². The van der Waals surface area contributed by atoms with Gasteiger partial charge in [0.2, 0.25) is 11.8 Å². The van der Waals surface area contributed by atoms with Crippen LogP contribution in [0.15, 0.2) is 65.6 Å². The average molecular weight is 577 g/mol. The third-order valence-electron chi connectivity index (χ3n) is 6.66. The summed E-state index contributed by atoms with van der Waals surface area (Å²) >= 11 is 2.96. The normalized spacial score (nSPS) is 14.1. The summed E-state index contributed by atoms with van der Waals surface area (Å²) in [7, 11) is 0. The number of nitrogens with one attached hydrogen (secondary N) is 2. The Balaban J connectivity index is 1.45. The number of thioether (sulfide) groups is 1. The van der Waals surface area contributed by atoms with Gasteiger partial charge in [0, 0.05) is 21.5 Å². The van der Waals surface area contributed by atoms with Gasteiger partial charge in [-0.2, -0.15) is 0 Å². The molecule has 0 radical (unpaired) electrons. The van der Waals surface area contributed by atoms with Gasteiger partial charge in [-0.25, -0.2) is 4.79 Å². The molecule has 6 nitrogen and oxygen atoms in total. The Morgan fingerprint density at radius 2 is 1.75 bits per heavy atom. The fourth-order valence-electron chi connectivity index (χ4n) is 4.67. The molecule has 0 spiro atoms. The number of carbonyl (C=O) groups excluding carboxylic acids is 3. The van der Waals surface area contributed by atoms with E-state index in [1.54, 1.807) is 13.0 Å². The van der Waals surface area contributed by atoms with Crippen molar-refractivity contribution in [1.82, 2.24) is 0 Å². The second kappa shape index (κ2) is 14.9. The van der Waals surface area contributed by atoms with Gasteiger partial charge in [0.1, 0.15) is 5.00 Å². The molecule has 4 rings (SSSR count). The Hall–Kier alpha value is -3.36. The molecule has 2 aromatic carbocycles. The highest BCUT2D eigenvalue weighted by Gasteiger charge is 2.28. The van der Waals surface area contributed by atoms with Crippen LogP contribution in [-0.4, -0.2) is 29.6 Å². The lowest BCUT2D eigenvalue weighted by molar-refractivity contribution is -0.115. The van der Waals surface area contributed by atoms with Crippen molar-refractivity contribution in [3.8, 4) is 0 Å². The second-order valence-corrected chi connectivity index (χ2v) is 12.0. The van der Waals surface area contributed by atoms with Gasteiger partial charge < -0.3 is 15.4 Å². The molecule has 3 aromatic rings. The lowest BCUT2D eigenvalue weighted by Crippen LogP contribution is -2.25. The number of hydrogen-bond acceptors (Lipinski definition) is 6. The van der Waals surface area contributed by atoms with E-state index in [2.05, 4.69) is 10.6 Å². The highest BCUT2D eigenvalue weighted by molar-refractivity contribution is 8.00. The molecule has 1 aromatic heterocycles. The molecule has 1 aliphatic carbocycles. The smallest absolute Gasteiger partial charge is 0.341 e. The van der Waals surface area contributed by atoms with Gasteiger partial charge in [0.25, 0.3) is 0 Å². The van der Waals surface area contributed by atoms with Crippen molar-refractivity contribution in [2.45, 2.75) is 68.9 Å². The van der Waals surface area contributed by atoms with E-state index in [1.807, 2.05) is 61.5 Å². The van der Waals surface area contributed by atoms with Crippen LogP contribution in [0.2, 0.25) is 0 Å². The standard InChI is InChI=1S/C32H36N2O4S2/c1-3-26(39-24-16-12-15-23(21-24)33-28(35)20-19-22-13-8-7-9-14-22)30(36)34-31-29(32(37)38-4-2)25-17-10-5-6-11-18-27(25)40-31/h7-9,12-16,19-21,26H,3-6,10-11,17-18H2,1-2H3,(H,33,35)(H,34,36)/b20-19+. The highest BCUT2D eigenvalue weighted by Crippen LogP contribution is 2.38. The van der Waals surface area contributed by atoms with Crippen LogP contribution >= 0.6 is 23.1 Å². The van der Waals surface area contributed by atoms with Crippen molar-refractivity contribution >= 4 is 57.6 Å². The van der Waals surface area contributed by atoms with Crippen LogP contribution in [0.3, 0.4) is 0 Å².